The molecule has 0 saturated carbocycles. The zero-order valence-corrected chi connectivity index (χ0v) is 13.3. The van der Waals surface area contributed by atoms with Crippen molar-refractivity contribution >= 4 is 12.1 Å². The van der Waals surface area contributed by atoms with E-state index in [-0.39, 0.29) is 5.82 Å². The van der Waals surface area contributed by atoms with Crippen molar-refractivity contribution in [1.29, 1.82) is 0 Å². The highest BCUT2D eigenvalue weighted by atomic mass is 19.1. The van der Waals surface area contributed by atoms with Gasteiger partial charge in [-0.25, -0.2) is 9.18 Å². The zero-order chi connectivity index (χ0) is 17.4. The van der Waals surface area contributed by atoms with Crippen LogP contribution in [0.3, 0.4) is 0 Å². The van der Waals surface area contributed by atoms with E-state index < -0.39 is 11.4 Å². The fourth-order valence-corrected chi connectivity index (χ4v) is 3.44. The summed E-state index contributed by atoms with van der Waals surface area (Å²) in [7, 11) is 0. The number of halogens is 1. The highest BCUT2D eigenvalue weighted by molar-refractivity contribution is 5.76. The Balaban J connectivity index is 1.95. The number of hydrogen-bond donors (Lipinski definition) is 1. The van der Waals surface area contributed by atoms with E-state index in [4.69, 9.17) is 5.73 Å². The first-order valence-corrected chi connectivity index (χ1v) is 7.90. The summed E-state index contributed by atoms with van der Waals surface area (Å²) in [5, 5.41) is 3.96. The van der Waals surface area contributed by atoms with Crippen LogP contribution in [-0.2, 0) is 11.8 Å². The summed E-state index contributed by atoms with van der Waals surface area (Å²) in [6.07, 6.45) is 7.13. The number of carbonyl (C=O) groups is 1. The molecular formula is C20H15FN3O. The minimum absolute atomic E-state index is 0.304. The van der Waals surface area contributed by atoms with Crippen LogP contribution in [0.15, 0.2) is 60.7 Å². The molecule has 2 N–H and O–H groups in total. The third kappa shape index (κ3) is 2.45. The number of primary amides is 1. The summed E-state index contributed by atoms with van der Waals surface area (Å²) in [4.78, 5) is 11.7. The van der Waals surface area contributed by atoms with Gasteiger partial charge in [0.05, 0.1) is 5.69 Å². The highest BCUT2D eigenvalue weighted by Gasteiger charge is 2.37. The number of benzene rings is 2. The zero-order valence-electron chi connectivity index (χ0n) is 13.3. The van der Waals surface area contributed by atoms with E-state index in [0.717, 1.165) is 21.4 Å². The molecule has 0 aliphatic heterocycles. The van der Waals surface area contributed by atoms with Crippen LogP contribution in [0, 0.1) is 12.0 Å². The van der Waals surface area contributed by atoms with Crippen molar-refractivity contribution in [2.45, 2.75) is 11.8 Å². The lowest BCUT2D eigenvalue weighted by molar-refractivity contribution is 0.246. The lowest BCUT2D eigenvalue weighted by atomic mass is 9.68. The fraction of sp³-hybridized carbons (Fsp3) is 0.100. The van der Waals surface area contributed by atoms with Gasteiger partial charge in [0.1, 0.15) is 12.0 Å². The Morgan fingerprint density at radius 3 is 2.64 bits per heavy atom. The number of allylic oxidation sites excluding steroid dienone is 1. The molecule has 1 aliphatic carbocycles. The average Bonchev–Trinajstić information content (AvgIpc) is 3.05. The number of nitrogens with two attached hydrogens (primary N) is 1. The van der Waals surface area contributed by atoms with Crippen molar-refractivity contribution in [3.63, 3.8) is 0 Å². The summed E-state index contributed by atoms with van der Waals surface area (Å²) in [5.41, 5.74) is 8.01. The largest absolute Gasteiger partial charge is 0.350 e. The maximum absolute atomic E-state index is 13.9. The Hall–Kier alpha value is -3.21. The molecule has 25 heavy (non-hydrogen) atoms. The number of carbonyl (C=O) groups excluding carboxylic acids is 1. The fourth-order valence-electron chi connectivity index (χ4n) is 3.44. The molecule has 1 unspecified atom stereocenters. The van der Waals surface area contributed by atoms with Gasteiger partial charge in [0.25, 0.3) is 0 Å². The quantitative estimate of drug-likeness (QED) is 0.783. The first-order chi connectivity index (χ1) is 12.1. The topological polar surface area (TPSA) is 60.9 Å². The second-order valence-electron chi connectivity index (χ2n) is 6.08. The second kappa shape index (κ2) is 5.70. The van der Waals surface area contributed by atoms with Crippen molar-refractivity contribution in [2.24, 2.45) is 5.73 Å². The van der Waals surface area contributed by atoms with Crippen LogP contribution in [0.4, 0.5) is 9.18 Å². The van der Waals surface area contributed by atoms with Crippen molar-refractivity contribution in [1.82, 2.24) is 9.78 Å². The van der Waals surface area contributed by atoms with Gasteiger partial charge in [0, 0.05) is 17.4 Å². The molecule has 1 heterocycles. The summed E-state index contributed by atoms with van der Waals surface area (Å²) >= 11 is 0. The molecule has 1 radical (unpaired) electrons. The summed E-state index contributed by atoms with van der Waals surface area (Å²) in [6, 6.07) is 15.7. The first kappa shape index (κ1) is 15.3. The maximum atomic E-state index is 13.9. The van der Waals surface area contributed by atoms with Crippen molar-refractivity contribution in [3.8, 4) is 0 Å². The van der Waals surface area contributed by atoms with Gasteiger partial charge in [-0.2, -0.15) is 9.78 Å². The van der Waals surface area contributed by atoms with Crippen molar-refractivity contribution in [2.75, 3.05) is 0 Å². The highest BCUT2D eigenvalue weighted by Crippen LogP contribution is 2.41. The van der Waals surface area contributed by atoms with E-state index in [1.54, 1.807) is 6.07 Å². The van der Waals surface area contributed by atoms with Crippen LogP contribution in [0.5, 0.6) is 0 Å². The predicted octanol–water partition coefficient (Wildman–Crippen LogP) is 3.30. The molecule has 1 atom stereocenters. The Labute approximate surface area is 144 Å². The van der Waals surface area contributed by atoms with E-state index in [1.165, 1.54) is 12.1 Å². The Bertz CT molecular complexity index is 978. The molecule has 2 aromatic carbocycles. The van der Waals surface area contributed by atoms with Crippen molar-refractivity contribution in [3.05, 3.63) is 95.1 Å². The number of aromatic nitrogens is 2. The number of nitrogens with zero attached hydrogens (tertiary/aromatic N) is 2. The molecule has 123 valence electrons. The molecule has 5 heteroatoms. The van der Waals surface area contributed by atoms with Gasteiger partial charge in [0.15, 0.2) is 0 Å². The van der Waals surface area contributed by atoms with Gasteiger partial charge in [-0.05, 0) is 23.3 Å². The molecular weight excluding hydrogens is 317 g/mol. The smallest absolute Gasteiger partial charge is 0.339 e. The minimum atomic E-state index is -0.658. The maximum Gasteiger partial charge on any atom is 0.339 e. The van der Waals surface area contributed by atoms with Crippen LogP contribution in [0.1, 0.15) is 22.4 Å². The van der Waals surface area contributed by atoms with E-state index in [1.807, 2.05) is 48.6 Å². The second-order valence-corrected chi connectivity index (χ2v) is 6.08. The number of fused-ring (bicyclic) bond motifs is 1. The normalized spacial score (nSPS) is 18.8. The van der Waals surface area contributed by atoms with Gasteiger partial charge in [0.2, 0.25) is 0 Å². The lowest BCUT2D eigenvalue weighted by Gasteiger charge is -2.34. The van der Waals surface area contributed by atoms with Gasteiger partial charge in [-0.15, -0.1) is 0 Å². The predicted molar refractivity (Wildman–Crippen MR) is 92.4 cm³/mol. The SMILES string of the molecule is NC(=O)n1n[c]c2c1CC(c1ccccc1)(c1cccc(F)c1)C=C2. The van der Waals surface area contributed by atoms with Gasteiger partial charge >= 0.3 is 6.03 Å². The molecule has 0 spiro atoms. The van der Waals surface area contributed by atoms with E-state index in [0.29, 0.717) is 12.1 Å². The van der Waals surface area contributed by atoms with E-state index in [9.17, 15) is 9.18 Å². The minimum Gasteiger partial charge on any atom is -0.350 e. The summed E-state index contributed by atoms with van der Waals surface area (Å²) in [5.74, 6) is -0.304. The van der Waals surface area contributed by atoms with Gasteiger partial charge < -0.3 is 5.73 Å². The molecule has 4 rings (SSSR count). The third-order valence-electron chi connectivity index (χ3n) is 4.66. The molecule has 1 amide bonds. The standard InChI is InChI=1S/C20H15FN3O/c21-17-8-4-7-16(11-17)20(15-5-2-1-3-6-15)10-9-14-13-23-24(19(22)25)18(14)12-20/h1-11H,12H2,(H2,22,25). The number of hydrogen-bond acceptors (Lipinski definition) is 2. The van der Waals surface area contributed by atoms with E-state index >= 15 is 0 Å². The molecule has 1 aliphatic rings. The van der Waals surface area contributed by atoms with E-state index in [2.05, 4.69) is 11.3 Å². The Morgan fingerprint density at radius 1 is 1.16 bits per heavy atom. The van der Waals surface area contributed by atoms with Crippen LogP contribution in [-0.4, -0.2) is 15.8 Å². The molecule has 3 aromatic rings. The molecule has 0 bridgehead atoms. The molecule has 0 fully saturated rings. The van der Waals surface area contributed by atoms with Crippen LogP contribution in [0.25, 0.3) is 6.08 Å². The van der Waals surface area contributed by atoms with Crippen LogP contribution >= 0.6 is 0 Å². The summed E-state index contributed by atoms with van der Waals surface area (Å²) in [6.45, 7) is 0. The Kier molecular flexibility index (Phi) is 3.50. The molecule has 4 nitrogen and oxygen atoms in total. The third-order valence-corrected chi connectivity index (χ3v) is 4.66. The van der Waals surface area contributed by atoms with Crippen LogP contribution in [0.2, 0.25) is 0 Å². The number of rotatable bonds is 2. The van der Waals surface area contributed by atoms with Gasteiger partial charge in [-0.3, -0.25) is 0 Å². The van der Waals surface area contributed by atoms with Crippen LogP contribution < -0.4 is 5.73 Å². The Morgan fingerprint density at radius 2 is 1.92 bits per heavy atom. The molecule has 0 saturated heterocycles. The van der Waals surface area contributed by atoms with Gasteiger partial charge in [-0.1, -0.05) is 54.6 Å². The molecule has 1 aromatic heterocycles. The lowest BCUT2D eigenvalue weighted by Crippen LogP contribution is -2.33. The summed E-state index contributed by atoms with van der Waals surface area (Å²) < 4.78 is 15.1. The first-order valence-electron chi connectivity index (χ1n) is 7.90. The van der Waals surface area contributed by atoms with Crippen molar-refractivity contribution < 1.29 is 9.18 Å². The number of amides is 1. The monoisotopic (exact) mass is 332 g/mol. The average molecular weight is 332 g/mol.